The Balaban J connectivity index is 1.73. The maximum Gasteiger partial charge on any atom is 0.240 e. The van der Waals surface area contributed by atoms with E-state index in [-0.39, 0.29) is 24.7 Å². The first kappa shape index (κ1) is 16.4. The number of carbonyl (C=O) groups is 2. The van der Waals surface area contributed by atoms with Crippen molar-refractivity contribution in [3.8, 4) is 0 Å². The standard InChI is InChI=1S/C18H19N3O2/c1-14-7-5-6-10-16(14)20-17(22)11-12-18(23)21-19-13-15-8-3-2-4-9-15/h2-10,13H,11-12H2,1H3,(H,20,22)(H,21,23)/b19-13-. The molecule has 2 amide bonds. The molecular formula is C18H19N3O2. The van der Waals surface area contributed by atoms with Crippen LogP contribution < -0.4 is 10.7 Å². The molecule has 2 aromatic carbocycles. The van der Waals surface area contributed by atoms with Gasteiger partial charge < -0.3 is 5.32 Å². The Morgan fingerprint density at radius 1 is 0.957 bits per heavy atom. The first-order valence-electron chi connectivity index (χ1n) is 7.37. The maximum atomic E-state index is 11.8. The summed E-state index contributed by atoms with van der Waals surface area (Å²) >= 11 is 0. The highest BCUT2D eigenvalue weighted by Gasteiger charge is 2.07. The van der Waals surface area contributed by atoms with Crippen molar-refractivity contribution < 1.29 is 9.59 Å². The minimum atomic E-state index is -0.294. The van der Waals surface area contributed by atoms with Gasteiger partial charge in [0.2, 0.25) is 11.8 Å². The maximum absolute atomic E-state index is 11.8. The topological polar surface area (TPSA) is 70.6 Å². The van der Waals surface area contributed by atoms with Gasteiger partial charge >= 0.3 is 0 Å². The van der Waals surface area contributed by atoms with E-state index in [1.54, 1.807) is 6.21 Å². The van der Waals surface area contributed by atoms with E-state index in [2.05, 4.69) is 15.8 Å². The number of hydrogen-bond donors (Lipinski definition) is 2. The molecule has 0 aliphatic carbocycles. The lowest BCUT2D eigenvalue weighted by molar-refractivity contribution is -0.124. The van der Waals surface area contributed by atoms with Crippen molar-refractivity contribution in [2.45, 2.75) is 19.8 Å². The van der Waals surface area contributed by atoms with Crippen molar-refractivity contribution >= 4 is 23.7 Å². The molecule has 0 saturated heterocycles. The van der Waals surface area contributed by atoms with Gasteiger partial charge in [-0.25, -0.2) is 5.43 Å². The summed E-state index contributed by atoms with van der Waals surface area (Å²) < 4.78 is 0. The van der Waals surface area contributed by atoms with Crippen LogP contribution in [0.4, 0.5) is 5.69 Å². The highest BCUT2D eigenvalue weighted by molar-refractivity contribution is 5.93. The van der Waals surface area contributed by atoms with Crippen LogP contribution in [-0.4, -0.2) is 18.0 Å². The summed E-state index contributed by atoms with van der Waals surface area (Å²) in [5.41, 5.74) is 5.05. The fourth-order valence-corrected chi connectivity index (χ4v) is 1.93. The first-order valence-corrected chi connectivity index (χ1v) is 7.37. The van der Waals surface area contributed by atoms with E-state index in [9.17, 15) is 9.59 Å². The lowest BCUT2D eigenvalue weighted by Gasteiger charge is -2.07. The number of rotatable bonds is 6. The average Bonchev–Trinajstić information content (AvgIpc) is 2.56. The Kier molecular flexibility index (Phi) is 6.06. The van der Waals surface area contributed by atoms with Crippen LogP contribution in [0.15, 0.2) is 59.7 Å². The van der Waals surface area contributed by atoms with Crippen LogP contribution in [0.1, 0.15) is 24.0 Å². The summed E-state index contributed by atoms with van der Waals surface area (Å²) in [7, 11) is 0. The van der Waals surface area contributed by atoms with Gasteiger partial charge in [0.15, 0.2) is 0 Å². The second-order valence-corrected chi connectivity index (χ2v) is 5.07. The molecule has 0 radical (unpaired) electrons. The smallest absolute Gasteiger partial charge is 0.240 e. The van der Waals surface area contributed by atoms with Crippen LogP contribution in [0.3, 0.4) is 0 Å². The number of hydrazone groups is 1. The van der Waals surface area contributed by atoms with Gasteiger partial charge in [-0.15, -0.1) is 0 Å². The Bertz CT molecular complexity index is 696. The molecule has 5 nitrogen and oxygen atoms in total. The van der Waals surface area contributed by atoms with Gasteiger partial charge in [-0.2, -0.15) is 5.10 Å². The number of anilines is 1. The zero-order valence-corrected chi connectivity index (χ0v) is 13.0. The number of aryl methyl sites for hydroxylation is 1. The fourth-order valence-electron chi connectivity index (χ4n) is 1.93. The van der Waals surface area contributed by atoms with Gasteiger partial charge in [-0.1, -0.05) is 48.5 Å². The molecule has 118 valence electrons. The molecule has 5 heteroatoms. The number of hydrogen-bond acceptors (Lipinski definition) is 3. The summed E-state index contributed by atoms with van der Waals surface area (Å²) in [6.07, 6.45) is 1.76. The number of para-hydroxylation sites is 1. The predicted octanol–water partition coefficient (Wildman–Crippen LogP) is 2.86. The largest absolute Gasteiger partial charge is 0.326 e. The quantitative estimate of drug-likeness (QED) is 0.636. The zero-order valence-electron chi connectivity index (χ0n) is 13.0. The monoisotopic (exact) mass is 309 g/mol. The number of amides is 2. The molecular weight excluding hydrogens is 290 g/mol. The van der Waals surface area contributed by atoms with Crippen LogP contribution in [0.2, 0.25) is 0 Å². The van der Waals surface area contributed by atoms with E-state index in [0.717, 1.165) is 16.8 Å². The second-order valence-electron chi connectivity index (χ2n) is 5.07. The molecule has 0 bridgehead atoms. The van der Waals surface area contributed by atoms with Crippen molar-refractivity contribution in [1.29, 1.82) is 0 Å². The molecule has 0 unspecified atom stereocenters. The SMILES string of the molecule is Cc1ccccc1NC(=O)CCC(=O)N/N=C\c1ccccc1. The van der Waals surface area contributed by atoms with Gasteiger partial charge in [-0.3, -0.25) is 9.59 Å². The van der Waals surface area contributed by atoms with Crippen molar-refractivity contribution in [3.05, 3.63) is 65.7 Å². The Labute approximate surface area is 135 Å². The molecule has 0 heterocycles. The molecule has 0 atom stereocenters. The van der Waals surface area contributed by atoms with E-state index in [1.165, 1.54) is 0 Å². The third kappa shape index (κ3) is 5.74. The average molecular weight is 309 g/mol. The molecule has 2 rings (SSSR count). The van der Waals surface area contributed by atoms with Crippen LogP contribution in [0.5, 0.6) is 0 Å². The number of benzene rings is 2. The molecule has 0 saturated carbocycles. The molecule has 0 spiro atoms. The Morgan fingerprint density at radius 3 is 2.35 bits per heavy atom. The van der Waals surface area contributed by atoms with Gasteiger partial charge in [-0.05, 0) is 24.1 Å². The van der Waals surface area contributed by atoms with E-state index in [4.69, 9.17) is 0 Å². The number of nitrogens with one attached hydrogen (secondary N) is 2. The van der Waals surface area contributed by atoms with Gasteiger partial charge in [0.25, 0.3) is 0 Å². The van der Waals surface area contributed by atoms with E-state index >= 15 is 0 Å². The van der Waals surface area contributed by atoms with Gasteiger partial charge in [0.05, 0.1) is 6.21 Å². The third-order valence-corrected chi connectivity index (χ3v) is 3.20. The highest BCUT2D eigenvalue weighted by Crippen LogP contribution is 2.13. The second kappa shape index (κ2) is 8.48. The Hall–Kier alpha value is -2.95. The number of carbonyl (C=O) groups excluding carboxylic acids is 2. The molecule has 0 aliphatic rings. The minimum Gasteiger partial charge on any atom is -0.326 e. The van der Waals surface area contributed by atoms with Gasteiger partial charge in [0, 0.05) is 18.5 Å². The highest BCUT2D eigenvalue weighted by atomic mass is 16.2. The van der Waals surface area contributed by atoms with E-state index in [0.29, 0.717) is 0 Å². The van der Waals surface area contributed by atoms with Crippen LogP contribution in [0.25, 0.3) is 0 Å². The summed E-state index contributed by atoms with van der Waals surface area (Å²) in [6.45, 7) is 1.92. The van der Waals surface area contributed by atoms with Crippen molar-refractivity contribution in [3.63, 3.8) is 0 Å². The summed E-state index contributed by atoms with van der Waals surface area (Å²) in [5.74, 6) is -0.487. The van der Waals surface area contributed by atoms with E-state index in [1.807, 2.05) is 61.5 Å². The van der Waals surface area contributed by atoms with Gasteiger partial charge in [0.1, 0.15) is 0 Å². The van der Waals surface area contributed by atoms with Crippen molar-refractivity contribution in [2.75, 3.05) is 5.32 Å². The predicted molar refractivity (Wildman–Crippen MR) is 91.2 cm³/mol. The molecule has 0 aliphatic heterocycles. The fraction of sp³-hybridized carbons (Fsp3) is 0.167. The third-order valence-electron chi connectivity index (χ3n) is 3.20. The zero-order chi connectivity index (χ0) is 16.5. The summed E-state index contributed by atoms with van der Waals surface area (Å²) in [5, 5.41) is 6.65. The van der Waals surface area contributed by atoms with Crippen LogP contribution in [-0.2, 0) is 9.59 Å². The van der Waals surface area contributed by atoms with Crippen molar-refractivity contribution in [2.24, 2.45) is 5.10 Å². The molecule has 0 aromatic heterocycles. The lowest BCUT2D eigenvalue weighted by Crippen LogP contribution is -2.20. The summed E-state index contributed by atoms with van der Waals surface area (Å²) in [4.78, 5) is 23.5. The van der Waals surface area contributed by atoms with Crippen molar-refractivity contribution in [1.82, 2.24) is 5.43 Å². The lowest BCUT2D eigenvalue weighted by atomic mass is 10.2. The minimum absolute atomic E-state index is 0.0871. The molecule has 0 fully saturated rings. The molecule has 2 aromatic rings. The Morgan fingerprint density at radius 2 is 1.61 bits per heavy atom. The number of nitrogens with zero attached hydrogens (tertiary/aromatic N) is 1. The first-order chi connectivity index (χ1) is 11.1. The summed E-state index contributed by atoms with van der Waals surface area (Å²) in [6, 6.07) is 17.0. The normalized spacial score (nSPS) is 10.5. The molecule has 23 heavy (non-hydrogen) atoms. The van der Waals surface area contributed by atoms with E-state index < -0.39 is 0 Å². The molecule has 2 N–H and O–H groups in total. The van der Waals surface area contributed by atoms with Crippen LogP contribution >= 0.6 is 0 Å². The van der Waals surface area contributed by atoms with Crippen LogP contribution in [0, 0.1) is 6.92 Å².